The molecule has 25 heavy (non-hydrogen) atoms. The van der Waals surface area contributed by atoms with Crippen LogP contribution in [0.1, 0.15) is 41.5 Å². The number of hydrogen-bond acceptors (Lipinski definition) is 1. The maximum Gasteiger partial charge on any atom is 0.416 e. The van der Waals surface area contributed by atoms with Gasteiger partial charge in [0.15, 0.2) is 0 Å². The summed E-state index contributed by atoms with van der Waals surface area (Å²) >= 11 is 0. The van der Waals surface area contributed by atoms with E-state index in [-0.39, 0.29) is 5.41 Å². The summed E-state index contributed by atoms with van der Waals surface area (Å²) in [5, 5.41) is 0. The van der Waals surface area contributed by atoms with Gasteiger partial charge in [0.1, 0.15) is 0 Å². The molecule has 4 heteroatoms. The van der Waals surface area contributed by atoms with Crippen LogP contribution in [0, 0.1) is 0 Å². The van der Waals surface area contributed by atoms with E-state index in [1.165, 1.54) is 17.2 Å². The molecule has 2 aromatic carbocycles. The molecule has 0 fully saturated rings. The first kappa shape index (κ1) is 18.0. The molecular formula is C21H24F3N. The van der Waals surface area contributed by atoms with Crippen molar-refractivity contribution in [3.63, 3.8) is 0 Å². The van der Waals surface area contributed by atoms with E-state index in [9.17, 15) is 13.2 Å². The first-order chi connectivity index (χ1) is 11.8. The van der Waals surface area contributed by atoms with Crippen LogP contribution in [0.2, 0.25) is 0 Å². The lowest BCUT2D eigenvalue weighted by Gasteiger charge is -2.32. The van der Waals surface area contributed by atoms with Gasteiger partial charge in [-0.25, -0.2) is 0 Å². The van der Waals surface area contributed by atoms with Crippen LogP contribution in [-0.4, -0.2) is 25.5 Å². The number of rotatable bonds is 5. The topological polar surface area (TPSA) is 3.24 Å². The largest absolute Gasteiger partial charge is 0.416 e. The highest BCUT2D eigenvalue weighted by molar-refractivity contribution is 5.48. The molecule has 0 N–H and O–H groups in total. The van der Waals surface area contributed by atoms with Crippen LogP contribution in [0.25, 0.3) is 0 Å². The molecule has 1 aliphatic rings. The molecule has 3 rings (SSSR count). The summed E-state index contributed by atoms with van der Waals surface area (Å²) in [5.41, 5.74) is 2.40. The number of hydrogen-bond donors (Lipinski definition) is 0. The standard InChI is InChI=1S/C21H24F3N/c1-25(2)14-6-12-20(13-11-16-7-3-4-10-19(16)20)17-8-5-9-18(15-17)21(22,23)24/h3-5,7-10,15H,6,11-14H2,1-2H3. The van der Waals surface area contributed by atoms with Gasteiger partial charge in [-0.3, -0.25) is 0 Å². The van der Waals surface area contributed by atoms with E-state index in [2.05, 4.69) is 17.0 Å². The minimum absolute atomic E-state index is 0.312. The zero-order valence-electron chi connectivity index (χ0n) is 14.7. The van der Waals surface area contributed by atoms with Crippen LogP contribution >= 0.6 is 0 Å². The first-order valence-electron chi connectivity index (χ1n) is 8.74. The van der Waals surface area contributed by atoms with E-state index >= 15 is 0 Å². The Kier molecular flexibility index (Phi) is 4.92. The van der Waals surface area contributed by atoms with Crippen LogP contribution < -0.4 is 0 Å². The van der Waals surface area contributed by atoms with Crippen LogP contribution in [0.15, 0.2) is 48.5 Å². The second-order valence-corrected chi connectivity index (χ2v) is 7.22. The molecule has 0 saturated carbocycles. The lowest BCUT2D eigenvalue weighted by Crippen LogP contribution is -2.27. The van der Waals surface area contributed by atoms with E-state index in [0.29, 0.717) is 0 Å². The highest BCUT2D eigenvalue weighted by Gasteiger charge is 2.41. The van der Waals surface area contributed by atoms with Gasteiger partial charge in [0.2, 0.25) is 0 Å². The van der Waals surface area contributed by atoms with E-state index in [0.717, 1.165) is 43.9 Å². The normalized spacial score (nSPS) is 20.1. The number of nitrogens with zero attached hydrogens (tertiary/aromatic N) is 1. The van der Waals surface area contributed by atoms with Crippen molar-refractivity contribution in [1.82, 2.24) is 4.90 Å². The van der Waals surface area contributed by atoms with Crippen molar-refractivity contribution in [1.29, 1.82) is 0 Å². The summed E-state index contributed by atoms with van der Waals surface area (Å²) in [6.07, 6.45) is -0.685. The van der Waals surface area contributed by atoms with E-state index < -0.39 is 11.7 Å². The summed E-state index contributed by atoms with van der Waals surface area (Å²) in [6.45, 7) is 0.933. The number of aryl methyl sites for hydroxylation is 1. The average Bonchev–Trinajstić information content (AvgIpc) is 2.94. The van der Waals surface area contributed by atoms with Crippen molar-refractivity contribution in [3.8, 4) is 0 Å². The second kappa shape index (κ2) is 6.83. The lowest BCUT2D eigenvalue weighted by molar-refractivity contribution is -0.137. The monoisotopic (exact) mass is 347 g/mol. The summed E-state index contributed by atoms with van der Waals surface area (Å²) in [4.78, 5) is 2.13. The second-order valence-electron chi connectivity index (χ2n) is 7.22. The predicted molar refractivity (Wildman–Crippen MR) is 94.8 cm³/mol. The molecule has 0 radical (unpaired) electrons. The Labute approximate surface area is 147 Å². The Morgan fingerprint density at radius 3 is 2.52 bits per heavy atom. The van der Waals surface area contributed by atoms with Crippen molar-refractivity contribution in [2.24, 2.45) is 0 Å². The fraction of sp³-hybridized carbons (Fsp3) is 0.429. The molecule has 2 aromatic rings. The molecule has 1 atom stereocenters. The third-order valence-electron chi connectivity index (χ3n) is 5.31. The van der Waals surface area contributed by atoms with Crippen LogP contribution in [0.4, 0.5) is 13.2 Å². The van der Waals surface area contributed by atoms with Crippen molar-refractivity contribution in [2.75, 3.05) is 20.6 Å². The number of fused-ring (bicyclic) bond motifs is 1. The van der Waals surface area contributed by atoms with Gasteiger partial charge in [0.25, 0.3) is 0 Å². The van der Waals surface area contributed by atoms with E-state index in [4.69, 9.17) is 0 Å². The van der Waals surface area contributed by atoms with Crippen LogP contribution in [0.3, 0.4) is 0 Å². The lowest BCUT2D eigenvalue weighted by atomic mass is 9.72. The minimum Gasteiger partial charge on any atom is -0.309 e. The molecule has 0 aliphatic heterocycles. The number of benzene rings is 2. The molecule has 0 heterocycles. The van der Waals surface area contributed by atoms with Crippen molar-refractivity contribution in [2.45, 2.75) is 37.3 Å². The molecular weight excluding hydrogens is 323 g/mol. The van der Waals surface area contributed by atoms with Gasteiger partial charge in [-0.1, -0.05) is 42.5 Å². The van der Waals surface area contributed by atoms with Gasteiger partial charge in [-0.15, -0.1) is 0 Å². The molecule has 1 aliphatic carbocycles. The molecule has 0 aromatic heterocycles. The van der Waals surface area contributed by atoms with Gasteiger partial charge in [0, 0.05) is 5.41 Å². The minimum atomic E-state index is -4.31. The molecule has 1 nitrogen and oxygen atoms in total. The Bertz CT molecular complexity index is 736. The van der Waals surface area contributed by atoms with Crippen molar-refractivity contribution >= 4 is 0 Å². The fourth-order valence-electron chi connectivity index (χ4n) is 4.08. The predicted octanol–water partition coefficient (Wildman–Crippen LogP) is 5.28. The van der Waals surface area contributed by atoms with Gasteiger partial charge < -0.3 is 4.90 Å². The van der Waals surface area contributed by atoms with Gasteiger partial charge >= 0.3 is 6.18 Å². The Balaban J connectivity index is 2.04. The molecule has 1 unspecified atom stereocenters. The Morgan fingerprint density at radius 2 is 1.80 bits per heavy atom. The molecule has 0 saturated heterocycles. The molecule has 134 valence electrons. The number of halogens is 3. The van der Waals surface area contributed by atoms with E-state index in [1.807, 2.05) is 32.3 Å². The third kappa shape index (κ3) is 3.59. The van der Waals surface area contributed by atoms with E-state index in [1.54, 1.807) is 6.07 Å². The maximum absolute atomic E-state index is 13.2. The highest BCUT2D eigenvalue weighted by atomic mass is 19.4. The Hall–Kier alpha value is -1.81. The fourth-order valence-corrected chi connectivity index (χ4v) is 4.08. The zero-order chi connectivity index (χ0) is 18.1. The van der Waals surface area contributed by atoms with Gasteiger partial charge in [0.05, 0.1) is 5.56 Å². The smallest absolute Gasteiger partial charge is 0.309 e. The maximum atomic E-state index is 13.2. The van der Waals surface area contributed by atoms with Crippen LogP contribution in [0.5, 0.6) is 0 Å². The molecule has 0 bridgehead atoms. The Morgan fingerprint density at radius 1 is 1.04 bits per heavy atom. The number of alkyl halides is 3. The van der Waals surface area contributed by atoms with Gasteiger partial charge in [-0.05, 0) is 69.1 Å². The molecule has 0 amide bonds. The van der Waals surface area contributed by atoms with Gasteiger partial charge in [-0.2, -0.15) is 13.2 Å². The third-order valence-corrected chi connectivity index (χ3v) is 5.31. The molecule has 0 spiro atoms. The quantitative estimate of drug-likeness (QED) is 0.711. The zero-order valence-corrected chi connectivity index (χ0v) is 14.7. The first-order valence-corrected chi connectivity index (χ1v) is 8.74. The summed E-state index contributed by atoms with van der Waals surface area (Å²) in [7, 11) is 4.05. The van der Waals surface area contributed by atoms with Crippen molar-refractivity contribution < 1.29 is 13.2 Å². The summed E-state index contributed by atoms with van der Waals surface area (Å²) in [6, 6.07) is 14.2. The SMILES string of the molecule is CN(C)CCCC1(c2cccc(C(F)(F)F)c2)CCc2ccccc21. The average molecular weight is 347 g/mol. The van der Waals surface area contributed by atoms with Crippen molar-refractivity contribution in [3.05, 3.63) is 70.8 Å². The summed E-state index contributed by atoms with van der Waals surface area (Å²) < 4.78 is 39.7. The summed E-state index contributed by atoms with van der Waals surface area (Å²) in [5.74, 6) is 0. The highest BCUT2D eigenvalue weighted by Crippen LogP contribution is 2.48. The van der Waals surface area contributed by atoms with Crippen LogP contribution in [-0.2, 0) is 18.0 Å².